The maximum Gasteiger partial charge on any atom is 0.203 e. The first kappa shape index (κ1) is 15.3. The molecular weight excluding hydrogens is 252 g/mol. The molecule has 5 heteroatoms. The molecule has 0 saturated carbocycles. The van der Waals surface area contributed by atoms with Crippen molar-refractivity contribution in [1.29, 1.82) is 0 Å². The fraction of sp³-hybridized carbons (Fsp3) is 0.800. The Kier molecular flexibility index (Phi) is 5.43. The van der Waals surface area contributed by atoms with Crippen LogP contribution in [0.25, 0.3) is 0 Å². The molecule has 2 atom stereocenters. The minimum absolute atomic E-state index is 0.297. The summed E-state index contributed by atoms with van der Waals surface area (Å²) in [5, 5.41) is 3.50. The molecule has 1 N–H and O–H groups in total. The van der Waals surface area contributed by atoms with Crippen LogP contribution in [0.4, 0.5) is 5.95 Å². The Bertz CT molecular complexity index is 412. The predicted octanol–water partition coefficient (Wildman–Crippen LogP) is 2.30. The molecule has 1 aliphatic heterocycles. The van der Waals surface area contributed by atoms with Crippen molar-refractivity contribution in [3.63, 3.8) is 0 Å². The highest BCUT2D eigenvalue weighted by Crippen LogP contribution is 2.17. The van der Waals surface area contributed by atoms with Crippen LogP contribution in [0.5, 0.6) is 0 Å². The molecule has 1 aromatic rings. The molecule has 1 fully saturated rings. The quantitative estimate of drug-likeness (QED) is 0.832. The Hall–Kier alpha value is -1.07. The average molecular weight is 280 g/mol. The van der Waals surface area contributed by atoms with E-state index in [1.807, 2.05) is 6.92 Å². The van der Waals surface area contributed by atoms with Gasteiger partial charge < -0.3 is 14.6 Å². The molecule has 2 heterocycles. The molecule has 5 nitrogen and oxygen atoms in total. The molecule has 2 rings (SSSR count). The molecule has 1 saturated heterocycles. The molecule has 0 spiro atoms. The van der Waals surface area contributed by atoms with Gasteiger partial charge in [-0.05, 0) is 46.7 Å². The largest absolute Gasteiger partial charge is 0.383 e. The number of aromatic nitrogens is 2. The van der Waals surface area contributed by atoms with Crippen molar-refractivity contribution < 1.29 is 4.74 Å². The Morgan fingerprint density at radius 2 is 2.00 bits per heavy atom. The van der Waals surface area contributed by atoms with Crippen molar-refractivity contribution >= 4 is 5.95 Å². The molecule has 0 aliphatic carbocycles. The third kappa shape index (κ3) is 3.73. The van der Waals surface area contributed by atoms with Crippen LogP contribution in [0, 0.1) is 6.92 Å². The fourth-order valence-corrected chi connectivity index (χ4v) is 2.85. The van der Waals surface area contributed by atoms with Crippen LogP contribution >= 0.6 is 0 Å². The van der Waals surface area contributed by atoms with Crippen LogP contribution in [0.3, 0.4) is 0 Å². The second-order valence-electron chi connectivity index (χ2n) is 5.89. The van der Waals surface area contributed by atoms with Crippen LogP contribution in [0.1, 0.15) is 38.4 Å². The van der Waals surface area contributed by atoms with Crippen molar-refractivity contribution in [3.05, 3.63) is 11.9 Å². The highest BCUT2D eigenvalue weighted by Gasteiger charge is 2.19. The zero-order chi connectivity index (χ0) is 14.5. The summed E-state index contributed by atoms with van der Waals surface area (Å²) in [4.78, 5) is 7.14. The molecule has 114 valence electrons. The van der Waals surface area contributed by atoms with Crippen LogP contribution in [-0.4, -0.2) is 53.8 Å². The van der Waals surface area contributed by atoms with Crippen molar-refractivity contribution in [2.45, 2.75) is 45.7 Å². The van der Waals surface area contributed by atoms with Gasteiger partial charge in [0.1, 0.15) is 0 Å². The van der Waals surface area contributed by atoms with Gasteiger partial charge in [0.2, 0.25) is 5.95 Å². The standard InChI is InChI=1S/C15H28N4O/c1-12-10-19(14(3)11-20-4)15(17-12)16-9-13(2)18-7-5-6-8-18/h10,13-14H,5-9,11H2,1-4H3,(H,16,17). The van der Waals surface area contributed by atoms with Gasteiger partial charge in [-0.15, -0.1) is 0 Å². The SMILES string of the molecule is COCC(C)n1cc(C)nc1NCC(C)N1CCCC1. The van der Waals surface area contributed by atoms with Crippen LogP contribution in [0.2, 0.25) is 0 Å². The van der Waals surface area contributed by atoms with Gasteiger partial charge in [-0.2, -0.15) is 0 Å². The summed E-state index contributed by atoms with van der Waals surface area (Å²) >= 11 is 0. The number of ether oxygens (including phenoxy) is 1. The highest BCUT2D eigenvalue weighted by molar-refractivity contribution is 5.29. The Morgan fingerprint density at radius 3 is 2.65 bits per heavy atom. The first-order valence-corrected chi connectivity index (χ1v) is 7.64. The number of rotatable bonds is 7. The number of hydrogen-bond donors (Lipinski definition) is 1. The van der Waals surface area contributed by atoms with E-state index in [1.165, 1.54) is 25.9 Å². The van der Waals surface area contributed by atoms with Gasteiger partial charge in [0.05, 0.1) is 18.3 Å². The molecule has 0 bridgehead atoms. The zero-order valence-electron chi connectivity index (χ0n) is 13.2. The summed E-state index contributed by atoms with van der Waals surface area (Å²) in [7, 11) is 1.74. The molecule has 1 aliphatic rings. The van der Waals surface area contributed by atoms with E-state index >= 15 is 0 Å². The van der Waals surface area contributed by atoms with E-state index in [0.29, 0.717) is 18.7 Å². The maximum atomic E-state index is 5.24. The van der Waals surface area contributed by atoms with E-state index in [4.69, 9.17) is 4.74 Å². The number of likely N-dealkylation sites (tertiary alicyclic amines) is 1. The first-order chi connectivity index (χ1) is 9.61. The summed E-state index contributed by atoms with van der Waals surface area (Å²) in [6.07, 6.45) is 4.76. The van der Waals surface area contributed by atoms with E-state index in [9.17, 15) is 0 Å². The van der Waals surface area contributed by atoms with Gasteiger partial charge >= 0.3 is 0 Å². The summed E-state index contributed by atoms with van der Waals surface area (Å²) in [5.74, 6) is 0.957. The lowest BCUT2D eigenvalue weighted by atomic mass is 10.3. The number of nitrogens with zero attached hydrogens (tertiary/aromatic N) is 3. The molecule has 0 aromatic carbocycles. The fourth-order valence-electron chi connectivity index (χ4n) is 2.85. The summed E-state index contributed by atoms with van der Waals surface area (Å²) in [6, 6.07) is 0.853. The van der Waals surface area contributed by atoms with Crippen molar-refractivity contribution in [1.82, 2.24) is 14.5 Å². The topological polar surface area (TPSA) is 42.3 Å². The predicted molar refractivity (Wildman–Crippen MR) is 82.3 cm³/mol. The summed E-state index contributed by atoms with van der Waals surface area (Å²) in [6.45, 7) is 10.6. The second kappa shape index (κ2) is 7.09. The van der Waals surface area contributed by atoms with Crippen LogP contribution in [-0.2, 0) is 4.74 Å². The van der Waals surface area contributed by atoms with E-state index < -0.39 is 0 Å². The minimum Gasteiger partial charge on any atom is -0.383 e. The first-order valence-electron chi connectivity index (χ1n) is 7.64. The van der Waals surface area contributed by atoms with E-state index in [1.54, 1.807) is 7.11 Å². The molecular formula is C15H28N4O. The maximum absolute atomic E-state index is 5.24. The third-order valence-electron chi connectivity index (χ3n) is 4.06. The highest BCUT2D eigenvalue weighted by atomic mass is 16.5. The lowest BCUT2D eigenvalue weighted by molar-refractivity contribution is 0.163. The normalized spacial score (nSPS) is 19.2. The van der Waals surface area contributed by atoms with Crippen LogP contribution in [0.15, 0.2) is 6.20 Å². The number of anilines is 1. The summed E-state index contributed by atoms with van der Waals surface area (Å²) in [5.41, 5.74) is 1.05. The van der Waals surface area contributed by atoms with Crippen molar-refractivity contribution in [3.8, 4) is 0 Å². The van der Waals surface area contributed by atoms with Crippen molar-refractivity contribution in [2.24, 2.45) is 0 Å². The Morgan fingerprint density at radius 1 is 1.30 bits per heavy atom. The number of hydrogen-bond acceptors (Lipinski definition) is 4. The number of methoxy groups -OCH3 is 1. The molecule has 20 heavy (non-hydrogen) atoms. The average Bonchev–Trinajstić information content (AvgIpc) is 3.05. The zero-order valence-corrected chi connectivity index (χ0v) is 13.2. The smallest absolute Gasteiger partial charge is 0.203 e. The van der Waals surface area contributed by atoms with Gasteiger partial charge in [0.15, 0.2) is 0 Å². The van der Waals surface area contributed by atoms with Gasteiger partial charge in [-0.1, -0.05) is 0 Å². The molecule has 2 unspecified atom stereocenters. The third-order valence-corrected chi connectivity index (χ3v) is 4.06. The van der Waals surface area contributed by atoms with Gasteiger partial charge in [0.25, 0.3) is 0 Å². The minimum atomic E-state index is 0.297. The number of nitrogens with one attached hydrogen (secondary N) is 1. The van der Waals surface area contributed by atoms with Crippen LogP contribution < -0.4 is 5.32 Å². The van der Waals surface area contributed by atoms with Gasteiger partial charge in [-0.25, -0.2) is 4.98 Å². The van der Waals surface area contributed by atoms with E-state index in [2.05, 4.69) is 39.8 Å². The lowest BCUT2D eigenvalue weighted by Gasteiger charge is -2.24. The molecule has 0 amide bonds. The second-order valence-corrected chi connectivity index (χ2v) is 5.89. The molecule has 0 radical (unpaired) electrons. The number of imidazole rings is 1. The summed E-state index contributed by atoms with van der Waals surface area (Å²) < 4.78 is 7.42. The van der Waals surface area contributed by atoms with Gasteiger partial charge in [0, 0.05) is 25.9 Å². The van der Waals surface area contributed by atoms with Gasteiger partial charge in [-0.3, -0.25) is 4.90 Å². The monoisotopic (exact) mass is 280 g/mol. The Balaban J connectivity index is 1.94. The lowest BCUT2D eigenvalue weighted by Crippen LogP contribution is -2.36. The van der Waals surface area contributed by atoms with Crippen molar-refractivity contribution in [2.75, 3.05) is 38.7 Å². The van der Waals surface area contributed by atoms with E-state index in [-0.39, 0.29) is 0 Å². The Labute approximate surface area is 122 Å². The molecule has 1 aromatic heterocycles. The van der Waals surface area contributed by atoms with E-state index in [0.717, 1.165) is 18.2 Å². The number of aryl methyl sites for hydroxylation is 1.